The zero-order chi connectivity index (χ0) is 11.5. The number of aromatic amines is 1. The highest BCUT2D eigenvalue weighted by molar-refractivity contribution is 5.61. The van der Waals surface area contributed by atoms with Crippen LogP contribution in [0.1, 0.15) is 24.7 Å². The molecule has 0 spiro atoms. The van der Waals surface area contributed by atoms with Crippen LogP contribution in [0, 0.1) is 6.92 Å². The van der Waals surface area contributed by atoms with Crippen LogP contribution < -0.4 is 5.73 Å². The van der Waals surface area contributed by atoms with Gasteiger partial charge in [-0.1, -0.05) is 6.92 Å². The van der Waals surface area contributed by atoms with E-state index in [-0.39, 0.29) is 0 Å². The highest BCUT2D eigenvalue weighted by Crippen LogP contribution is 2.20. The molecule has 0 saturated carbocycles. The summed E-state index contributed by atoms with van der Waals surface area (Å²) in [5, 5.41) is 7.15. The highest BCUT2D eigenvalue weighted by atomic mass is 15.2. The minimum Gasteiger partial charge on any atom is -0.399 e. The number of nitrogen functional groups attached to an aromatic ring is 1. The maximum atomic E-state index is 5.77. The number of rotatable bonds is 3. The lowest BCUT2D eigenvalue weighted by atomic mass is 10.1. The van der Waals surface area contributed by atoms with E-state index in [0.29, 0.717) is 0 Å². The predicted molar refractivity (Wildman–Crippen MR) is 65.0 cm³/mol. The lowest BCUT2D eigenvalue weighted by Gasteiger charge is -2.01. The summed E-state index contributed by atoms with van der Waals surface area (Å²) in [4.78, 5) is 4.43. The van der Waals surface area contributed by atoms with Crippen molar-refractivity contribution in [1.29, 1.82) is 0 Å². The second-order valence-corrected chi connectivity index (χ2v) is 3.93. The minimum absolute atomic E-state index is 0.742. The van der Waals surface area contributed by atoms with Crippen LogP contribution in [0.3, 0.4) is 0 Å². The normalized spacial score (nSPS) is 10.6. The summed E-state index contributed by atoms with van der Waals surface area (Å²) in [7, 11) is 0. The van der Waals surface area contributed by atoms with Gasteiger partial charge in [0, 0.05) is 17.7 Å². The fourth-order valence-electron chi connectivity index (χ4n) is 1.59. The first-order chi connectivity index (χ1) is 7.70. The Hall–Kier alpha value is -1.84. The molecular formula is C12H16N4. The Morgan fingerprint density at radius 2 is 2.19 bits per heavy atom. The highest BCUT2D eigenvalue weighted by Gasteiger charge is 2.06. The van der Waals surface area contributed by atoms with Gasteiger partial charge in [-0.2, -0.15) is 5.10 Å². The van der Waals surface area contributed by atoms with Gasteiger partial charge in [0.1, 0.15) is 5.82 Å². The molecule has 0 unspecified atom stereocenters. The zero-order valence-electron chi connectivity index (χ0n) is 9.62. The van der Waals surface area contributed by atoms with Gasteiger partial charge in [0.05, 0.1) is 0 Å². The topological polar surface area (TPSA) is 67.6 Å². The smallest absolute Gasteiger partial charge is 0.181 e. The van der Waals surface area contributed by atoms with Crippen molar-refractivity contribution in [3.05, 3.63) is 29.6 Å². The number of nitrogens with two attached hydrogens (primary N) is 1. The summed E-state index contributed by atoms with van der Waals surface area (Å²) in [6, 6.07) is 5.84. The second-order valence-electron chi connectivity index (χ2n) is 3.93. The molecule has 2 rings (SSSR count). The van der Waals surface area contributed by atoms with Crippen molar-refractivity contribution < 1.29 is 0 Å². The molecule has 0 bridgehead atoms. The second kappa shape index (κ2) is 4.35. The Labute approximate surface area is 94.9 Å². The molecule has 0 atom stereocenters. The summed E-state index contributed by atoms with van der Waals surface area (Å²) in [6.07, 6.45) is 2.00. The van der Waals surface area contributed by atoms with E-state index in [0.717, 1.165) is 41.3 Å². The van der Waals surface area contributed by atoms with Gasteiger partial charge in [0.2, 0.25) is 0 Å². The van der Waals surface area contributed by atoms with Crippen molar-refractivity contribution in [2.45, 2.75) is 26.7 Å². The molecule has 0 amide bonds. The average molecular weight is 216 g/mol. The number of benzene rings is 1. The maximum Gasteiger partial charge on any atom is 0.181 e. The molecule has 0 saturated heterocycles. The third kappa shape index (κ3) is 2.05. The van der Waals surface area contributed by atoms with Gasteiger partial charge in [-0.25, -0.2) is 4.98 Å². The molecule has 3 N–H and O–H groups in total. The minimum atomic E-state index is 0.742. The fraction of sp³-hybridized carbons (Fsp3) is 0.333. The van der Waals surface area contributed by atoms with Crippen LogP contribution >= 0.6 is 0 Å². The molecule has 0 aliphatic carbocycles. The van der Waals surface area contributed by atoms with Gasteiger partial charge in [0.15, 0.2) is 5.82 Å². The molecular weight excluding hydrogens is 200 g/mol. The Balaban J connectivity index is 2.31. The van der Waals surface area contributed by atoms with Gasteiger partial charge in [-0.05, 0) is 37.1 Å². The van der Waals surface area contributed by atoms with E-state index in [9.17, 15) is 0 Å². The van der Waals surface area contributed by atoms with Gasteiger partial charge < -0.3 is 5.73 Å². The van der Waals surface area contributed by atoms with Crippen LogP contribution in [-0.4, -0.2) is 15.2 Å². The number of hydrogen-bond acceptors (Lipinski definition) is 3. The van der Waals surface area contributed by atoms with Gasteiger partial charge in [-0.3, -0.25) is 5.10 Å². The predicted octanol–water partition coefficient (Wildman–Crippen LogP) is 2.31. The summed E-state index contributed by atoms with van der Waals surface area (Å²) in [6.45, 7) is 4.11. The standard InChI is InChI=1S/C12H16N4/c1-3-4-11-14-12(16-15-11)9-5-6-10(13)8(2)7-9/h5-7H,3-4,13H2,1-2H3,(H,14,15,16). The summed E-state index contributed by atoms with van der Waals surface area (Å²) in [5.41, 5.74) is 8.63. The van der Waals surface area contributed by atoms with E-state index in [1.54, 1.807) is 0 Å². The number of nitrogens with zero attached hydrogens (tertiary/aromatic N) is 2. The lowest BCUT2D eigenvalue weighted by Crippen LogP contribution is -1.90. The van der Waals surface area contributed by atoms with Crippen LogP contribution in [0.5, 0.6) is 0 Å². The first kappa shape index (κ1) is 10.7. The van der Waals surface area contributed by atoms with Gasteiger partial charge in [0.25, 0.3) is 0 Å². The number of anilines is 1. The Bertz CT molecular complexity index is 488. The molecule has 4 heteroatoms. The lowest BCUT2D eigenvalue weighted by molar-refractivity contribution is 0.841. The Morgan fingerprint density at radius 1 is 1.38 bits per heavy atom. The molecule has 16 heavy (non-hydrogen) atoms. The number of nitrogens with one attached hydrogen (secondary N) is 1. The molecule has 1 aromatic carbocycles. The van der Waals surface area contributed by atoms with Crippen LogP contribution in [0.2, 0.25) is 0 Å². The van der Waals surface area contributed by atoms with Crippen molar-refractivity contribution >= 4 is 5.69 Å². The molecule has 0 radical (unpaired) electrons. The largest absolute Gasteiger partial charge is 0.399 e. The molecule has 1 aromatic heterocycles. The summed E-state index contributed by atoms with van der Waals surface area (Å²) < 4.78 is 0. The fourth-order valence-corrected chi connectivity index (χ4v) is 1.59. The monoisotopic (exact) mass is 216 g/mol. The summed E-state index contributed by atoms with van der Waals surface area (Å²) in [5.74, 6) is 1.68. The number of H-pyrrole nitrogens is 1. The van der Waals surface area contributed by atoms with Crippen LogP contribution in [0.15, 0.2) is 18.2 Å². The van der Waals surface area contributed by atoms with Crippen molar-refractivity contribution in [1.82, 2.24) is 15.2 Å². The van der Waals surface area contributed by atoms with E-state index in [2.05, 4.69) is 22.1 Å². The van der Waals surface area contributed by atoms with Crippen LogP contribution in [0.4, 0.5) is 5.69 Å². The molecule has 2 aromatic rings. The third-order valence-corrected chi connectivity index (χ3v) is 2.55. The quantitative estimate of drug-likeness (QED) is 0.774. The van der Waals surface area contributed by atoms with E-state index in [4.69, 9.17) is 5.73 Å². The van der Waals surface area contributed by atoms with E-state index < -0.39 is 0 Å². The van der Waals surface area contributed by atoms with E-state index >= 15 is 0 Å². The van der Waals surface area contributed by atoms with Crippen molar-refractivity contribution in [2.75, 3.05) is 5.73 Å². The number of aromatic nitrogens is 3. The van der Waals surface area contributed by atoms with Gasteiger partial charge >= 0.3 is 0 Å². The third-order valence-electron chi connectivity index (χ3n) is 2.55. The average Bonchev–Trinajstić information content (AvgIpc) is 2.71. The van der Waals surface area contributed by atoms with E-state index in [1.165, 1.54) is 0 Å². The zero-order valence-corrected chi connectivity index (χ0v) is 9.62. The molecule has 84 valence electrons. The van der Waals surface area contributed by atoms with Crippen molar-refractivity contribution in [2.24, 2.45) is 0 Å². The first-order valence-corrected chi connectivity index (χ1v) is 5.48. The Kier molecular flexibility index (Phi) is 2.90. The van der Waals surface area contributed by atoms with Crippen molar-refractivity contribution in [3.63, 3.8) is 0 Å². The SMILES string of the molecule is CCCc1nc(-c2ccc(N)c(C)c2)n[nH]1. The summed E-state index contributed by atoms with van der Waals surface area (Å²) >= 11 is 0. The molecule has 0 aliphatic rings. The van der Waals surface area contributed by atoms with Crippen molar-refractivity contribution in [3.8, 4) is 11.4 Å². The molecule has 0 aliphatic heterocycles. The number of aryl methyl sites for hydroxylation is 2. The van der Waals surface area contributed by atoms with Crippen LogP contribution in [0.25, 0.3) is 11.4 Å². The van der Waals surface area contributed by atoms with E-state index in [1.807, 2.05) is 25.1 Å². The Morgan fingerprint density at radius 3 is 2.88 bits per heavy atom. The first-order valence-electron chi connectivity index (χ1n) is 5.48. The molecule has 0 fully saturated rings. The molecule has 1 heterocycles. The maximum absolute atomic E-state index is 5.77. The number of hydrogen-bond donors (Lipinski definition) is 2. The van der Waals surface area contributed by atoms with Crippen LogP contribution in [-0.2, 0) is 6.42 Å². The van der Waals surface area contributed by atoms with Gasteiger partial charge in [-0.15, -0.1) is 0 Å². The molecule has 4 nitrogen and oxygen atoms in total.